The molecule has 0 aliphatic carbocycles. The first-order valence-corrected chi connectivity index (χ1v) is 5.01. The zero-order valence-electron chi connectivity index (χ0n) is 9.60. The first-order chi connectivity index (χ1) is 7.65. The van der Waals surface area contributed by atoms with E-state index in [1.165, 1.54) is 12.2 Å². The number of nitrogens with zero attached hydrogens (tertiary/aromatic N) is 2. The van der Waals surface area contributed by atoms with Gasteiger partial charge in [0.05, 0.1) is 7.11 Å². The van der Waals surface area contributed by atoms with Crippen molar-refractivity contribution in [3.63, 3.8) is 0 Å². The second-order valence-electron chi connectivity index (χ2n) is 3.63. The number of amides is 1. The van der Waals surface area contributed by atoms with Crippen LogP contribution in [-0.4, -0.2) is 29.7 Å². The third-order valence-corrected chi connectivity index (χ3v) is 2.73. The molecule has 2 aromatic rings. The molecule has 1 aromatic carbocycles. The zero-order valence-corrected chi connectivity index (χ0v) is 9.60. The van der Waals surface area contributed by atoms with Gasteiger partial charge in [0.25, 0.3) is 5.91 Å². The molecule has 0 bridgehead atoms. The Morgan fingerprint density at radius 1 is 1.38 bits per heavy atom. The van der Waals surface area contributed by atoms with Crippen LogP contribution in [-0.2, 0) is 11.9 Å². The SMILES string of the molecule is CON(C)C(=O)c1cc2ccccc2n1C. The van der Waals surface area contributed by atoms with Crippen molar-refractivity contribution < 1.29 is 9.63 Å². The van der Waals surface area contributed by atoms with Gasteiger partial charge in [0.15, 0.2) is 0 Å². The fourth-order valence-electron chi connectivity index (χ4n) is 1.74. The standard InChI is InChI=1S/C12H14N2O2/c1-13-10-7-5-4-6-9(10)8-11(13)12(15)14(2)16-3/h4-8H,1-3H3. The maximum Gasteiger partial charge on any atom is 0.293 e. The Morgan fingerprint density at radius 2 is 2.06 bits per heavy atom. The highest BCUT2D eigenvalue weighted by Crippen LogP contribution is 2.19. The van der Waals surface area contributed by atoms with E-state index in [0.717, 1.165) is 10.9 Å². The van der Waals surface area contributed by atoms with Gasteiger partial charge < -0.3 is 4.57 Å². The van der Waals surface area contributed by atoms with Crippen LogP contribution in [0.15, 0.2) is 30.3 Å². The van der Waals surface area contributed by atoms with Crippen LogP contribution >= 0.6 is 0 Å². The Bertz CT molecular complexity index is 531. The first kappa shape index (κ1) is 10.7. The molecule has 0 saturated carbocycles. The zero-order chi connectivity index (χ0) is 11.7. The number of aryl methyl sites for hydroxylation is 1. The molecule has 1 aromatic heterocycles. The number of hydroxylamine groups is 2. The van der Waals surface area contributed by atoms with Crippen molar-refractivity contribution in [2.75, 3.05) is 14.2 Å². The van der Waals surface area contributed by atoms with E-state index in [4.69, 9.17) is 4.84 Å². The normalized spacial score (nSPS) is 10.7. The van der Waals surface area contributed by atoms with E-state index in [1.54, 1.807) is 7.05 Å². The van der Waals surface area contributed by atoms with Crippen molar-refractivity contribution in [3.05, 3.63) is 36.0 Å². The van der Waals surface area contributed by atoms with Crippen molar-refractivity contribution in [1.29, 1.82) is 0 Å². The summed E-state index contributed by atoms with van der Waals surface area (Å²) in [5, 5.41) is 2.27. The summed E-state index contributed by atoms with van der Waals surface area (Å²) in [4.78, 5) is 16.8. The summed E-state index contributed by atoms with van der Waals surface area (Å²) in [7, 11) is 4.94. The van der Waals surface area contributed by atoms with Crippen molar-refractivity contribution in [2.24, 2.45) is 7.05 Å². The second kappa shape index (κ2) is 3.98. The van der Waals surface area contributed by atoms with Crippen LogP contribution in [0.5, 0.6) is 0 Å². The van der Waals surface area contributed by atoms with Crippen molar-refractivity contribution in [1.82, 2.24) is 9.63 Å². The lowest BCUT2D eigenvalue weighted by Gasteiger charge is -2.13. The highest BCUT2D eigenvalue weighted by atomic mass is 16.7. The van der Waals surface area contributed by atoms with Crippen molar-refractivity contribution >= 4 is 16.8 Å². The van der Waals surface area contributed by atoms with Crippen LogP contribution in [0, 0.1) is 0 Å². The van der Waals surface area contributed by atoms with Gasteiger partial charge >= 0.3 is 0 Å². The van der Waals surface area contributed by atoms with Gasteiger partial charge in [-0.15, -0.1) is 0 Å². The van der Waals surface area contributed by atoms with Gasteiger partial charge in [0.1, 0.15) is 5.69 Å². The van der Waals surface area contributed by atoms with Gasteiger partial charge in [-0.1, -0.05) is 18.2 Å². The van der Waals surface area contributed by atoms with E-state index < -0.39 is 0 Å². The fourth-order valence-corrected chi connectivity index (χ4v) is 1.74. The number of fused-ring (bicyclic) bond motifs is 1. The maximum absolute atomic E-state index is 11.9. The van der Waals surface area contributed by atoms with E-state index in [1.807, 2.05) is 41.9 Å². The predicted octanol–water partition coefficient (Wildman–Crippen LogP) is 1.81. The number of carbonyl (C=O) groups excluding carboxylic acids is 1. The van der Waals surface area contributed by atoms with Gasteiger partial charge in [-0.2, -0.15) is 0 Å². The maximum atomic E-state index is 11.9. The lowest BCUT2D eigenvalue weighted by Crippen LogP contribution is -2.27. The molecule has 0 fully saturated rings. The van der Waals surface area contributed by atoms with E-state index in [2.05, 4.69) is 0 Å². The molecule has 16 heavy (non-hydrogen) atoms. The van der Waals surface area contributed by atoms with Gasteiger partial charge in [-0.3, -0.25) is 9.63 Å². The summed E-state index contributed by atoms with van der Waals surface area (Å²) in [5.41, 5.74) is 1.65. The number of rotatable bonds is 2. The molecule has 0 aliphatic rings. The topological polar surface area (TPSA) is 34.5 Å². The van der Waals surface area contributed by atoms with Crippen LogP contribution in [0.25, 0.3) is 10.9 Å². The molecule has 4 heteroatoms. The second-order valence-corrected chi connectivity index (χ2v) is 3.63. The third kappa shape index (κ3) is 1.57. The predicted molar refractivity (Wildman–Crippen MR) is 62.0 cm³/mol. The fraction of sp³-hybridized carbons (Fsp3) is 0.250. The molecule has 84 valence electrons. The summed E-state index contributed by atoms with van der Waals surface area (Å²) in [6.07, 6.45) is 0. The minimum atomic E-state index is -0.152. The lowest BCUT2D eigenvalue weighted by molar-refractivity contribution is -0.0762. The molecule has 0 saturated heterocycles. The first-order valence-electron chi connectivity index (χ1n) is 5.01. The van der Waals surface area contributed by atoms with Gasteiger partial charge in [0, 0.05) is 25.0 Å². The largest absolute Gasteiger partial charge is 0.340 e. The lowest BCUT2D eigenvalue weighted by atomic mass is 10.2. The van der Waals surface area contributed by atoms with Crippen LogP contribution in [0.3, 0.4) is 0 Å². The van der Waals surface area contributed by atoms with Gasteiger partial charge in [-0.25, -0.2) is 5.06 Å². The van der Waals surface area contributed by atoms with Crippen LogP contribution < -0.4 is 0 Å². The molecule has 0 N–H and O–H groups in total. The Morgan fingerprint density at radius 3 is 2.69 bits per heavy atom. The molecular weight excluding hydrogens is 204 g/mol. The number of hydrogen-bond acceptors (Lipinski definition) is 2. The van der Waals surface area contributed by atoms with E-state index in [0.29, 0.717) is 5.69 Å². The summed E-state index contributed by atoms with van der Waals surface area (Å²) in [6, 6.07) is 9.75. The van der Waals surface area contributed by atoms with Crippen LogP contribution in [0.4, 0.5) is 0 Å². The Labute approximate surface area is 94.0 Å². The van der Waals surface area contributed by atoms with Gasteiger partial charge in [-0.05, 0) is 12.1 Å². The highest BCUT2D eigenvalue weighted by Gasteiger charge is 2.16. The molecule has 4 nitrogen and oxygen atoms in total. The van der Waals surface area contributed by atoms with E-state index >= 15 is 0 Å². The molecular formula is C12H14N2O2. The average Bonchev–Trinajstić information content (AvgIpc) is 2.65. The van der Waals surface area contributed by atoms with E-state index in [-0.39, 0.29) is 5.91 Å². The van der Waals surface area contributed by atoms with Crippen molar-refractivity contribution in [2.45, 2.75) is 0 Å². The summed E-state index contributed by atoms with van der Waals surface area (Å²) in [6.45, 7) is 0. The molecule has 0 unspecified atom stereocenters. The van der Waals surface area contributed by atoms with Crippen LogP contribution in [0.2, 0.25) is 0 Å². The Hall–Kier alpha value is -1.81. The average molecular weight is 218 g/mol. The highest BCUT2D eigenvalue weighted by molar-refractivity contribution is 5.98. The molecule has 0 atom stereocenters. The van der Waals surface area contributed by atoms with E-state index in [9.17, 15) is 4.79 Å². The molecule has 2 rings (SSSR count). The third-order valence-electron chi connectivity index (χ3n) is 2.73. The number of benzene rings is 1. The molecule has 0 aliphatic heterocycles. The number of aromatic nitrogens is 1. The summed E-state index contributed by atoms with van der Waals surface area (Å²) >= 11 is 0. The number of para-hydroxylation sites is 1. The monoisotopic (exact) mass is 218 g/mol. The molecule has 1 amide bonds. The Balaban J connectivity index is 2.53. The number of hydrogen-bond donors (Lipinski definition) is 0. The van der Waals surface area contributed by atoms with Crippen LogP contribution in [0.1, 0.15) is 10.5 Å². The van der Waals surface area contributed by atoms with Crippen molar-refractivity contribution in [3.8, 4) is 0 Å². The van der Waals surface area contributed by atoms with Gasteiger partial charge in [0.2, 0.25) is 0 Å². The molecule has 1 heterocycles. The summed E-state index contributed by atoms with van der Waals surface area (Å²) < 4.78 is 1.87. The minimum Gasteiger partial charge on any atom is -0.340 e. The quantitative estimate of drug-likeness (QED) is 0.720. The summed E-state index contributed by atoms with van der Waals surface area (Å²) in [5.74, 6) is -0.152. The molecule has 0 spiro atoms. The smallest absolute Gasteiger partial charge is 0.293 e. The Kier molecular flexibility index (Phi) is 2.66. The number of carbonyl (C=O) groups is 1. The molecule has 0 radical (unpaired) electrons. The minimum absolute atomic E-state index is 0.152.